The van der Waals surface area contributed by atoms with Gasteiger partial charge in [0.05, 0.1) is 34.4 Å². The van der Waals surface area contributed by atoms with E-state index in [1.807, 2.05) is 0 Å². The van der Waals surface area contributed by atoms with Gasteiger partial charge < -0.3 is 0 Å². The zero-order valence-corrected chi connectivity index (χ0v) is 21.4. The molecular weight excluding hydrogens is 490 g/mol. The minimum Gasteiger partial charge on any atom is -0.266 e. The van der Waals surface area contributed by atoms with E-state index in [1.54, 1.807) is 0 Å². The number of fused-ring (bicyclic) bond motifs is 8. The monoisotopic (exact) mass is 511 g/mol. The molecule has 0 aliphatic carbocycles. The standard InChI is InChI=1S/C35H21N5/c1-7-20-8-2-14-25-30(20)23(13-1)19-24-33(36-25)40-29-18-6-12-22-10-4-16-27(32(22)29)38-35(40)39-28-17-5-11-21-9-3-15-26(31(21)28)37-34(24)39/h1-18,24H,19H2/t24-/m1/s1. The van der Waals surface area contributed by atoms with Crippen molar-refractivity contribution in [3.05, 3.63) is 115 Å². The van der Waals surface area contributed by atoms with E-state index in [4.69, 9.17) is 15.0 Å². The van der Waals surface area contributed by atoms with E-state index in [0.717, 1.165) is 63.3 Å². The minimum atomic E-state index is -0.0546. The van der Waals surface area contributed by atoms with Gasteiger partial charge in [-0.3, -0.25) is 9.80 Å². The van der Waals surface area contributed by atoms with Crippen LogP contribution in [0.4, 0.5) is 28.4 Å². The molecule has 0 unspecified atom stereocenters. The highest BCUT2D eigenvalue weighted by Gasteiger charge is 2.47. The van der Waals surface area contributed by atoms with Crippen LogP contribution in [-0.2, 0) is 6.42 Å². The van der Waals surface area contributed by atoms with Gasteiger partial charge in [0.25, 0.3) is 0 Å². The summed E-state index contributed by atoms with van der Waals surface area (Å²) in [7, 11) is 0. The Balaban J connectivity index is 1.35. The van der Waals surface area contributed by atoms with Gasteiger partial charge in [0.1, 0.15) is 11.7 Å². The maximum Gasteiger partial charge on any atom is 0.222 e. The van der Waals surface area contributed by atoms with Gasteiger partial charge in [-0.05, 0) is 58.5 Å². The molecule has 0 amide bonds. The molecule has 6 aromatic carbocycles. The molecule has 1 atom stereocenters. The van der Waals surface area contributed by atoms with Crippen LogP contribution in [0.1, 0.15) is 5.56 Å². The first-order chi connectivity index (χ1) is 19.8. The first-order valence-electron chi connectivity index (χ1n) is 13.7. The van der Waals surface area contributed by atoms with E-state index in [2.05, 4.69) is 119 Å². The number of amidine groups is 2. The summed E-state index contributed by atoms with van der Waals surface area (Å²) >= 11 is 0. The molecular formula is C35H21N5. The molecule has 5 nitrogen and oxygen atoms in total. The van der Waals surface area contributed by atoms with Crippen LogP contribution in [0.25, 0.3) is 32.3 Å². The van der Waals surface area contributed by atoms with Crippen LogP contribution >= 0.6 is 0 Å². The van der Waals surface area contributed by atoms with Crippen LogP contribution < -0.4 is 9.80 Å². The predicted molar refractivity (Wildman–Crippen MR) is 165 cm³/mol. The van der Waals surface area contributed by atoms with Gasteiger partial charge in [-0.1, -0.05) is 78.9 Å². The molecule has 6 aromatic rings. The lowest BCUT2D eigenvalue weighted by atomic mass is 9.89. The highest BCUT2D eigenvalue weighted by molar-refractivity contribution is 6.45. The summed E-state index contributed by atoms with van der Waals surface area (Å²) in [5.74, 6) is 2.74. The SMILES string of the molecule is c1cc2c3c(cccc3c1)N=C1[C@@H](C2)C2=Nc3cccc4cccc(c34)N2C2=Nc3cccc4cccc(c34)N12. The van der Waals surface area contributed by atoms with Crippen LogP contribution in [0.3, 0.4) is 0 Å². The summed E-state index contributed by atoms with van der Waals surface area (Å²) in [4.78, 5) is 20.8. The number of hydrogen-bond donors (Lipinski definition) is 0. The Bertz CT molecular complexity index is 2210. The van der Waals surface area contributed by atoms with Crippen molar-refractivity contribution in [1.29, 1.82) is 0 Å². The molecule has 0 aromatic heterocycles. The zero-order valence-electron chi connectivity index (χ0n) is 21.4. The van der Waals surface area contributed by atoms with Crippen molar-refractivity contribution in [3.8, 4) is 0 Å². The van der Waals surface area contributed by atoms with Gasteiger partial charge in [0.2, 0.25) is 5.96 Å². The maximum absolute atomic E-state index is 5.47. The third-order valence-corrected chi connectivity index (χ3v) is 8.77. The fourth-order valence-electron chi connectivity index (χ4n) is 7.13. The molecule has 4 aliphatic heterocycles. The molecule has 0 bridgehead atoms. The lowest BCUT2D eigenvalue weighted by Crippen LogP contribution is -2.62. The third kappa shape index (κ3) is 2.50. The van der Waals surface area contributed by atoms with E-state index in [9.17, 15) is 0 Å². The van der Waals surface area contributed by atoms with Gasteiger partial charge in [-0.15, -0.1) is 0 Å². The van der Waals surface area contributed by atoms with Crippen LogP contribution in [0.5, 0.6) is 0 Å². The first kappa shape index (κ1) is 20.6. The van der Waals surface area contributed by atoms with Crippen LogP contribution in [0.2, 0.25) is 0 Å². The summed E-state index contributed by atoms with van der Waals surface area (Å²) < 4.78 is 0. The Morgan fingerprint density at radius 3 is 1.50 bits per heavy atom. The summed E-state index contributed by atoms with van der Waals surface area (Å²) in [6.45, 7) is 0. The van der Waals surface area contributed by atoms with Crippen molar-refractivity contribution in [2.24, 2.45) is 20.9 Å². The molecule has 1 fully saturated rings. The summed E-state index contributed by atoms with van der Waals surface area (Å²) in [6, 6.07) is 38.8. The lowest BCUT2D eigenvalue weighted by molar-refractivity contribution is 0.858. The number of hydrogen-bond acceptors (Lipinski definition) is 5. The Labute approximate surface area is 230 Å². The van der Waals surface area contributed by atoms with E-state index < -0.39 is 0 Å². The highest BCUT2D eigenvalue weighted by Crippen LogP contribution is 2.49. The van der Waals surface area contributed by atoms with Crippen LogP contribution in [0.15, 0.2) is 124 Å². The summed E-state index contributed by atoms with van der Waals surface area (Å²) in [6.07, 6.45) is 0.808. The second kappa shape index (κ2) is 7.21. The second-order valence-electron chi connectivity index (χ2n) is 10.9. The van der Waals surface area contributed by atoms with E-state index in [-0.39, 0.29) is 5.92 Å². The molecule has 40 heavy (non-hydrogen) atoms. The van der Waals surface area contributed by atoms with Gasteiger partial charge >= 0.3 is 0 Å². The normalized spacial score (nSPS) is 18.0. The van der Waals surface area contributed by atoms with Crippen molar-refractivity contribution >= 4 is 78.4 Å². The maximum atomic E-state index is 5.47. The lowest BCUT2D eigenvalue weighted by Gasteiger charge is -2.47. The molecule has 4 aliphatic rings. The smallest absolute Gasteiger partial charge is 0.222 e. The van der Waals surface area contributed by atoms with E-state index in [0.29, 0.717) is 0 Å². The predicted octanol–water partition coefficient (Wildman–Crippen LogP) is 8.42. The molecule has 4 heterocycles. The number of aliphatic imine (C=N–C) groups is 3. The molecule has 0 saturated carbocycles. The average Bonchev–Trinajstić information content (AvgIpc) is 3.16. The highest BCUT2D eigenvalue weighted by atomic mass is 15.5. The molecule has 1 saturated heterocycles. The quantitative estimate of drug-likeness (QED) is 0.205. The molecule has 10 rings (SSSR count). The number of guanidine groups is 1. The molecule has 0 radical (unpaired) electrons. The summed E-state index contributed by atoms with van der Waals surface area (Å²) in [5.41, 5.74) is 6.52. The number of nitrogens with zero attached hydrogens (tertiary/aromatic N) is 5. The van der Waals surface area contributed by atoms with Crippen molar-refractivity contribution < 1.29 is 0 Å². The Hall–Kier alpha value is -5.29. The van der Waals surface area contributed by atoms with E-state index >= 15 is 0 Å². The average molecular weight is 512 g/mol. The second-order valence-corrected chi connectivity index (χ2v) is 10.9. The number of rotatable bonds is 0. The number of anilines is 2. The molecule has 5 heteroatoms. The zero-order chi connectivity index (χ0) is 25.9. The molecule has 0 spiro atoms. The minimum absolute atomic E-state index is 0.0546. The fraction of sp³-hybridized carbons (Fsp3) is 0.0571. The largest absolute Gasteiger partial charge is 0.266 e. The van der Waals surface area contributed by atoms with Crippen molar-refractivity contribution in [2.75, 3.05) is 9.80 Å². The fourth-order valence-corrected chi connectivity index (χ4v) is 7.13. The van der Waals surface area contributed by atoms with Gasteiger partial charge in [-0.25, -0.2) is 15.0 Å². The Morgan fingerprint density at radius 2 is 0.925 bits per heavy atom. The summed E-state index contributed by atoms with van der Waals surface area (Å²) in [5, 5.41) is 7.13. The number of benzene rings is 6. The van der Waals surface area contributed by atoms with Crippen molar-refractivity contribution in [2.45, 2.75) is 6.42 Å². The topological polar surface area (TPSA) is 43.6 Å². The van der Waals surface area contributed by atoms with Crippen LogP contribution in [-0.4, -0.2) is 17.6 Å². The van der Waals surface area contributed by atoms with Gasteiger partial charge in [0, 0.05) is 16.2 Å². The first-order valence-corrected chi connectivity index (χ1v) is 13.7. The van der Waals surface area contributed by atoms with E-state index in [1.165, 1.54) is 27.1 Å². The van der Waals surface area contributed by atoms with Crippen molar-refractivity contribution in [3.63, 3.8) is 0 Å². The Kier molecular flexibility index (Phi) is 3.72. The Morgan fingerprint density at radius 1 is 0.475 bits per heavy atom. The van der Waals surface area contributed by atoms with Gasteiger partial charge in [-0.2, -0.15) is 0 Å². The third-order valence-electron chi connectivity index (χ3n) is 8.77. The van der Waals surface area contributed by atoms with Gasteiger partial charge in [0.15, 0.2) is 0 Å². The molecule has 186 valence electrons. The van der Waals surface area contributed by atoms with Crippen LogP contribution in [0, 0.1) is 5.92 Å². The molecule has 0 N–H and O–H groups in total. The van der Waals surface area contributed by atoms with Crippen molar-refractivity contribution in [1.82, 2.24) is 0 Å².